The summed E-state index contributed by atoms with van der Waals surface area (Å²) in [7, 11) is 2.03. The van der Waals surface area contributed by atoms with E-state index in [4.69, 9.17) is 0 Å². The highest BCUT2D eigenvalue weighted by atomic mass is 32.2. The van der Waals surface area contributed by atoms with Gasteiger partial charge in [0.1, 0.15) is 0 Å². The molecule has 0 bridgehead atoms. The smallest absolute Gasteiger partial charge is 0.0574 e. The highest BCUT2D eigenvalue weighted by Crippen LogP contribution is 2.25. The van der Waals surface area contributed by atoms with Crippen LogP contribution in [-0.4, -0.2) is 12.8 Å². The average Bonchev–Trinajstić information content (AvgIpc) is 2.52. The summed E-state index contributed by atoms with van der Waals surface area (Å²) in [5, 5.41) is 3.43. The second-order valence-electron chi connectivity index (χ2n) is 5.22. The van der Waals surface area contributed by atoms with Crippen LogP contribution < -0.4 is 5.32 Å². The SMILES string of the molecule is CCCc1ccc(C(NC)c2ccc(SCC)cc2)cc1. The molecule has 1 N–H and O–H groups in total. The van der Waals surface area contributed by atoms with Crippen LogP contribution in [0.1, 0.15) is 43.0 Å². The fraction of sp³-hybridized carbons (Fsp3) is 0.368. The number of rotatable bonds is 7. The fourth-order valence-electron chi connectivity index (χ4n) is 2.61. The summed E-state index contributed by atoms with van der Waals surface area (Å²) in [5.74, 6) is 1.12. The lowest BCUT2D eigenvalue weighted by molar-refractivity contribution is 0.690. The van der Waals surface area contributed by atoms with Gasteiger partial charge in [-0.3, -0.25) is 0 Å². The molecule has 0 heterocycles. The summed E-state index contributed by atoms with van der Waals surface area (Å²) in [6.45, 7) is 4.41. The van der Waals surface area contributed by atoms with Crippen molar-refractivity contribution in [2.24, 2.45) is 0 Å². The highest BCUT2D eigenvalue weighted by Gasteiger charge is 2.11. The van der Waals surface area contributed by atoms with E-state index in [1.807, 2.05) is 18.8 Å². The van der Waals surface area contributed by atoms with Crippen LogP contribution in [-0.2, 0) is 6.42 Å². The van der Waals surface area contributed by atoms with Crippen LogP contribution in [0.4, 0.5) is 0 Å². The minimum absolute atomic E-state index is 0.265. The van der Waals surface area contributed by atoms with Crippen LogP contribution in [0, 0.1) is 0 Å². The van der Waals surface area contributed by atoms with Gasteiger partial charge in [0.2, 0.25) is 0 Å². The Balaban J connectivity index is 2.18. The molecule has 0 aliphatic carbocycles. The predicted molar refractivity (Wildman–Crippen MR) is 94.2 cm³/mol. The first-order valence-corrected chi connectivity index (χ1v) is 8.75. The second-order valence-corrected chi connectivity index (χ2v) is 6.55. The Hall–Kier alpha value is -1.25. The zero-order chi connectivity index (χ0) is 15.1. The fourth-order valence-corrected chi connectivity index (χ4v) is 3.28. The van der Waals surface area contributed by atoms with Crippen molar-refractivity contribution in [3.63, 3.8) is 0 Å². The maximum atomic E-state index is 3.43. The van der Waals surface area contributed by atoms with Gasteiger partial charge in [-0.25, -0.2) is 0 Å². The zero-order valence-corrected chi connectivity index (χ0v) is 14.0. The molecular formula is C19H25NS. The Kier molecular flexibility index (Phi) is 6.34. The first-order valence-electron chi connectivity index (χ1n) is 7.77. The van der Waals surface area contributed by atoms with Crippen molar-refractivity contribution < 1.29 is 0 Å². The molecule has 0 aliphatic rings. The molecule has 0 aromatic heterocycles. The summed E-state index contributed by atoms with van der Waals surface area (Å²) in [5.41, 5.74) is 4.07. The van der Waals surface area contributed by atoms with Gasteiger partial charge in [-0.2, -0.15) is 0 Å². The molecule has 0 spiro atoms. The van der Waals surface area contributed by atoms with Gasteiger partial charge in [0.05, 0.1) is 6.04 Å². The average molecular weight is 299 g/mol. The lowest BCUT2D eigenvalue weighted by atomic mass is 9.97. The molecule has 0 amide bonds. The molecule has 0 radical (unpaired) electrons. The highest BCUT2D eigenvalue weighted by molar-refractivity contribution is 7.99. The lowest BCUT2D eigenvalue weighted by Gasteiger charge is -2.18. The van der Waals surface area contributed by atoms with E-state index in [9.17, 15) is 0 Å². The summed E-state index contributed by atoms with van der Waals surface area (Å²) < 4.78 is 0. The maximum Gasteiger partial charge on any atom is 0.0574 e. The number of benzene rings is 2. The van der Waals surface area contributed by atoms with Gasteiger partial charge < -0.3 is 5.32 Å². The third-order valence-electron chi connectivity index (χ3n) is 3.66. The molecule has 2 aromatic carbocycles. The van der Waals surface area contributed by atoms with E-state index in [0.717, 1.165) is 12.2 Å². The lowest BCUT2D eigenvalue weighted by Crippen LogP contribution is -2.17. The van der Waals surface area contributed by atoms with Crippen molar-refractivity contribution in [2.45, 2.75) is 37.6 Å². The molecule has 2 heteroatoms. The van der Waals surface area contributed by atoms with E-state index in [0.29, 0.717) is 0 Å². The topological polar surface area (TPSA) is 12.0 Å². The summed E-state index contributed by atoms with van der Waals surface area (Å²) in [4.78, 5) is 1.34. The standard InChI is InChI=1S/C19H25NS/c1-4-6-15-7-9-16(10-8-15)19(20-3)17-11-13-18(14-12-17)21-5-2/h7-14,19-20H,4-6H2,1-3H3. The molecule has 0 fully saturated rings. The first-order chi connectivity index (χ1) is 10.3. The van der Waals surface area contributed by atoms with Crippen molar-refractivity contribution in [1.82, 2.24) is 5.32 Å². The van der Waals surface area contributed by atoms with Gasteiger partial charge in [-0.05, 0) is 48.0 Å². The molecule has 1 nitrogen and oxygen atoms in total. The van der Waals surface area contributed by atoms with Gasteiger partial charge >= 0.3 is 0 Å². The van der Waals surface area contributed by atoms with Crippen LogP contribution in [0.3, 0.4) is 0 Å². The van der Waals surface area contributed by atoms with Gasteiger partial charge in [0, 0.05) is 4.90 Å². The van der Waals surface area contributed by atoms with Crippen LogP contribution >= 0.6 is 11.8 Å². The predicted octanol–water partition coefficient (Wildman–Crippen LogP) is 5.06. The van der Waals surface area contributed by atoms with Crippen LogP contribution in [0.15, 0.2) is 53.4 Å². The second kappa shape index (κ2) is 8.26. The maximum absolute atomic E-state index is 3.43. The van der Waals surface area contributed by atoms with Gasteiger partial charge in [-0.1, -0.05) is 56.7 Å². The number of thioether (sulfide) groups is 1. The van der Waals surface area contributed by atoms with Crippen LogP contribution in [0.5, 0.6) is 0 Å². The van der Waals surface area contributed by atoms with Gasteiger partial charge in [-0.15, -0.1) is 11.8 Å². The number of hydrogen-bond acceptors (Lipinski definition) is 2. The Morgan fingerprint density at radius 3 is 1.95 bits per heavy atom. The van der Waals surface area contributed by atoms with Crippen molar-refractivity contribution in [3.8, 4) is 0 Å². The molecule has 1 unspecified atom stereocenters. The number of aryl methyl sites for hydroxylation is 1. The largest absolute Gasteiger partial charge is 0.309 e. The Bertz CT molecular complexity index is 481. The molecule has 21 heavy (non-hydrogen) atoms. The summed E-state index contributed by atoms with van der Waals surface area (Å²) in [6, 6.07) is 18.2. The van der Waals surface area contributed by atoms with Crippen molar-refractivity contribution in [3.05, 3.63) is 65.2 Å². The van der Waals surface area contributed by atoms with E-state index in [2.05, 4.69) is 67.7 Å². The Morgan fingerprint density at radius 1 is 0.905 bits per heavy atom. The molecular weight excluding hydrogens is 274 g/mol. The molecule has 0 saturated carbocycles. The minimum atomic E-state index is 0.265. The Labute approximate surface area is 133 Å². The number of nitrogens with one attached hydrogen (secondary N) is 1. The summed E-state index contributed by atoms with van der Waals surface area (Å²) in [6.07, 6.45) is 2.36. The Morgan fingerprint density at radius 2 is 1.48 bits per heavy atom. The van der Waals surface area contributed by atoms with E-state index in [1.165, 1.54) is 28.0 Å². The molecule has 112 valence electrons. The first kappa shape index (κ1) is 16.1. The molecule has 2 aromatic rings. The van der Waals surface area contributed by atoms with Crippen molar-refractivity contribution >= 4 is 11.8 Å². The van der Waals surface area contributed by atoms with Crippen molar-refractivity contribution in [1.29, 1.82) is 0 Å². The third kappa shape index (κ3) is 4.36. The van der Waals surface area contributed by atoms with Crippen LogP contribution in [0.25, 0.3) is 0 Å². The molecule has 0 saturated heterocycles. The normalized spacial score (nSPS) is 12.3. The van der Waals surface area contributed by atoms with Gasteiger partial charge in [0.25, 0.3) is 0 Å². The quantitative estimate of drug-likeness (QED) is 0.717. The minimum Gasteiger partial charge on any atom is -0.309 e. The zero-order valence-electron chi connectivity index (χ0n) is 13.2. The number of hydrogen-bond donors (Lipinski definition) is 1. The van der Waals surface area contributed by atoms with E-state index in [-0.39, 0.29) is 6.04 Å². The molecule has 0 aliphatic heterocycles. The van der Waals surface area contributed by atoms with Crippen molar-refractivity contribution in [2.75, 3.05) is 12.8 Å². The molecule has 2 rings (SSSR count). The third-order valence-corrected chi connectivity index (χ3v) is 4.56. The van der Waals surface area contributed by atoms with E-state index in [1.54, 1.807) is 0 Å². The monoisotopic (exact) mass is 299 g/mol. The van der Waals surface area contributed by atoms with E-state index >= 15 is 0 Å². The van der Waals surface area contributed by atoms with Gasteiger partial charge in [0.15, 0.2) is 0 Å². The van der Waals surface area contributed by atoms with E-state index < -0.39 is 0 Å². The molecule has 1 atom stereocenters. The van der Waals surface area contributed by atoms with Crippen LogP contribution in [0.2, 0.25) is 0 Å². The summed E-state index contributed by atoms with van der Waals surface area (Å²) >= 11 is 1.89.